The lowest BCUT2D eigenvalue weighted by molar-refractivity contribution is 0.607. The molecule has 1 aliphatic rings. The topological polar surface area (TPSA) is 54.7 Å². The van der Waals surface area contributed by atoms with Crippen molar-refractivity contribution in [3.63, 3.8) is 0 Å². The van der Waals surface area contributed by atoms with E-state index in [2.05, 4.69) is 51.0 Å². The quantitative estimate of drug-likeness (QED) is 0.777. The Balaban J connectivity index is 1.98. The number of aromatic nitrogens is 2. The second-order valence-electron chi connectivity index (χ2n) is 4.82. The number of nitrogens with one attached hydrogen (secondary N) is 1. The molecule has 1 aromatic carbocycles. The summed E-state index contributed by atoms with van der Waals surface area (Å²) >= 11 is 3.51. The summed E-state index contributed by atoms with van der Waals surface area (Å²) in [6.07, 6.45) is 2.98. The molecule has 0 spiro atoms. The Morgan fingerprint density at radius 3 is 3.11 bits per heavy atom. The number of benzene rings is 1. The number of rotatable bonds is 3. The number of nitrogens with zero attached hydrogens (tertiary/aromatic N) is 1. The molecule has 0 amide bonds. The molecular formula is C14H16BrN3. The fourth-order valence-electron chi connectivity index (χ4n) is 2.53. The van der Waals surface area contributed by atoms with Gasteiger partial charge in [0.05, 0.1) is 11.7 Å². The van der Waals surface area contributed by atoms with Gasteiger partial charge in [0.25, 0.3) is 0 Å². The highest BCUT2D eigenvalue weighted by molar-refractivity contribution is 9.10. The fraction of sp³-hybridized carbons (Fsp3) is 0.357. The van der Waals surface area contributed by atoms with Crippen LogP contribution in [0, 0.1) is 0 Å². The Kier molecular flexibility index (Phi) is 2.99. The first-order valence-corrected chi connectivity index (χ1v) is 7.11. The lowest BCUT2D eigenvalue weighted by Crippen LogP contribution is -2.11. The largest absolute Gasteiger partial charge is 0.344 e. The number of aromatic amines is 1. The van der Waals surface area contributed by atoms with Crippen molar-refractivity contribution in [3.05, 3.63) is 39.8 Å². The zero-order valence-corrected chi connectivity index (χ0v) is 11.9. The van der Waals surface area contributed by atoms with E-state index < -0.39 is 0 Å². The zero-order valence-electron chi connectivity index (χ0n) is 10.3. The number of hydrogen-bond donors (Lipinski definition) is 2. The van der Waals surface area contributed by atoms with Gasteiger partial charge in [-0.25, -0.2) is 4.98 Å². The van der Waals surface area contributed by atoms with E-state index >= 15 is 0 Å². The van der Waals surface area contributed by atoms with E-state index in [1.165, 1.54) is 16.8 Å². The minimum absolute atomic E-state index is 0.0273. The monoisotopic (exact) mass is 305 g/mol. The van der Waals surface area contributed by atoms with Gasteiger partial charge < -0.3 is 10.7 Å². The lowest BCUT2D eigenvalue weighted by Gasteiger charge is -2.06. The van der Waals surface area contributed by atoms with E-state index in [1.807, 2.05) is 0 Å². The summed E-state index contributed by atoms with van der Waals surface area (Å²) in [6.45, 7) is 2.14. The highest BCUT2D eigenvalue weighted by Gasteiger charge is 2.24. The van der Waals surface area contributed by atoms with Gasteiger partial charge in [0, 0.05) is 22.2 Å². The van der Waals surface area contributed by atoms with Crippen LogP contribution in [0.3, 0.4) is 0 Å². The van der Waals surface area contributed by atoms with Crippen LogP contribution in [0.15, 0.2) is 22.7 Å². The standard InChI is InChI=1S/C14H16BrN3/c1-2-3-11(16)14-17-12-7-8-6-9(15)4-5-10(8)13(12)18-14/h4-6,11H,2-3,7,16H2,1H3,(H,17,18). The van der Waals surface area contributed by atoms with E-state index in [-0.39, 0.29) is 6.04 Å². The summed E-state index contributed by atoms with van der Waals surface area (Å²) in [5, 5.41) is 0. The molecule has 3 N–H and O–H groups in total. The molecule has 18 heavy (non-hydrogen) atoms. The van der Waals surface area contributed by atoms with E-state index in [0.717, 1.165) is 35.3 Å². The van der Waals surface area contributed by atoms with Gasteiger partial charge >= 0.3 is 0 Å². The Hall–Kier alpha value is -1.13. The van der Waals surface area contributed by atoms with Crippen molar-refractivity contribution in [2.45, 2.75) is 32.2 Å². The normalized spacial score (nSPS) is 14.4. The van der Waals surface area contributed by atoms with E-state index in [9.17, 15) is 0 Å². The summed E-state index contributed by atoms with van der Waals surface area (Å²) in [5.41, 5.74) is 11.0. The van der Waals surface area contributed by atoms with Crippen LogP contribution in [0.5, 0.6) is 0 Å². The molecule has 0 saturated heterocycles. The Morgan fingerprint density at radius 1 is 1.50 bits per heavy atom. The minimum atomic E-state index is 0.0273. The maximum absolute atomic E-state index is 6.11. The van der Waals surface area contributed by atoms with Crippen molar-refractivity contribution in [3.8, 4) is 11.3 Å². The molecule has 0 bridgehead atoms. The zero-order chi connectivity index (χ0) is 12.7. The number of H-pyrrole nitrogens is 1. The van der Waals surface area contributed by atoms with Gasteiger partial charge in [0.2, 0.25) is 0 Å². The molecular weight excluding hydrogens is 290 g/mol. The van der Waals surface area contributed by atoms with Crippen molar-refractivity contribution < 1.29 is 0 Å². The molecule has 1 heterocycles. The van der Waals surface area contributed by atoms with Crippen LogP contribution in [-0.2, 0) is 6.42 Å². The van der Waals surface area contributed by atoms with Crippen LogP contribution in [0.4, 0.5) is 0 Å². The Morgan fingerprint density at radius 2 is 2.33 bits per heavy atom. The minimum Gasteiger partial charge on any atom is -0.344 e. The number of fused-ring (bicyclic) bond motifs is 3. The van der Waals surface area contributed by atoms with Crippen LogP contribution in [0.25, 0.3) is 11.3 Å². The van der Waals surface area contributed by atoms with Gasteiger partial charge in [-0.05, 0) is 24.1 Å². The van der Waals surface area contributed by atoms with Crippen LogP contribution >= 0.6 is 15.9 Å². The predicted molar refractivity (Wildman–Crippen MR) is 76.4 cm³/mol. The molecule has 1 aromatic heterocycles. The Labute approximate surface area is 115 Å². The second kappa shape index (κ2) is 4.52. The van der Waals surface area contributed by atoms with Gasteiger partial charge in [-0.15, -0.1) is 0 Å². The molecule has 3 nitrogen and oxygen atoms in total. The summed E-state index contributed by atoms with van der Waals surface area (Å²) in [6, 6.07) is 6.38. The van der Waals surface area contributed by atoms with Crippen molar-refractivity contribution in [2.75, 3.05) is 0 Å². The molecule has 3 rings (SSSR count). The van der Waals surface area contributed by atoms with Crippen molar-refractivity contribution in [1.82, 2.24) is 9.97 Å². The first-order chi connectivity index (χ1) is 8.69. The first-order valence-electron chi connectivity index (χ1n) is 6.32. The number of nitrogens with two attached hydrogens (primary N) is 1. The molecule has 1 aliphatic carbocycles. The molecule has 94 valence electrons. The van der Waals surface area contributed by atoms with Gasteiger partial charge in [-0.3, -0.25) is 0 Å². The SMILES string of the molecule is CCCC(N)c1nc2c([nH]1)Cc1cc(Br)ccc1-2. The highest BCUT2D eigenvalue weighted by Crippen LogP contribution is 2.37. The molecule has 2 aromatic rings. The number of halogens is 1. The van der Waals surface area contributed by atoms with E-state index in [4.69, 9.17) is 5.73 Å². The Bertz CT molecular complexity index is 589. The molecule has 4 heteroatoms. The van der Waals surface area contributed by atoms with Gasteiger partial charge in [-0.2, -0.15) is 0 Å². The lowest BCUT2D eigenvalue weighted by atomic mass is 10.1. The third kappa shape index (κ3) is 1.89. The molecule has 1 atom stereocenters. The third-order valence-electron chi connectivity index (χ3n) is 3.44. The predicted octanol–water partition coefficient (Wildman–Crippen LogP) is 3.54. The average Bonchev–Trinajstić information content (AvgIpc) is 2.85. The fourth-order valence-corrected chi connectivity index (χ4v) is 2.94. The van der Waals surface area contributed by atoms with Crippen LogP contribution in [0.2, 0.25) is 0 Å². The van der Waals surface area contributed by atoms with Crippen molar-refractivity contribution >= 4 is 15.9 Å². The first kappa shape index (κ1) is 11.9. The summed E-state index contributed by atoms with van der Waals surface area (Å²) < 4.78 is 1.12. The molecule has 1 unspecified atom stereocenters. The molecule has 0 radical (unpaired) electrons. The highest BCUT2D eigenvalue weighted by atomic mass is 79.9. The number of imidazole rings is 1. The van der Waals surface area contributed by atoms with Crippen molar-refractivity contribution in [1.29, 1.82) is 0 Å². The van der Waals surface area contributed by atoms with Crippen LogP contribution in [0.1, 0.15) is 42.9 Å². The molecule has 0 fully saturated rings. The summed E-state index contributed by atoms with van der Waals surface area (Å²) in [7, 11) is 0. The van der Waals surface area contributed by atoms with E-state index in [0.29, 0.717) is 0 Å². The summed E-state index contributed by atoms with van der Waals surface area (Å²) in [5.74, 6) is 0.926. The number of hydrogen-bond acceptors (Lipinski definition) is 2. The average molecular weight is 306 g/mol. The summed E-state index contributed by atoms with van der Waals surface area (Å²) in [4.78, 5) is 8.08. The van der Waals surface area contributed by atoms with Crippen LogP contribution < -0.4 is 5.73 Å². The molecule has 0 aliphatic heterocycles. The van der Waals surface area contributed by atoms with E-state index in [1.54, 1.807) is 0 Å². The van der Waals surface area contributed by atoms with Gasteiger partial charge in [-0.1, -0.05) is 35.3 Å². The van der Waals surface area contributed by atoms with Gasteiger partial charge in [0.1, 0.15) is 5.82 Å². The maximum Gasteiger partial charge on any atom is 0.124 e. The van der Waals surface area contributed by atoms with Gasteiger partial charge in [0.15, 0.2) is 0 Å². The molecule has 0 saturated carbocycles. The van der Waals surface area contributed by atoms with Crippen LogP contribution in [-0.4, -0.2) is 9.97 Å². The van der Waals surface area contributed by atoms with Crippen molar-refractivity contribution in [2.24, 2.45) is 5.73 Å². The maximum atomic E-state index is 6.11. The smallest absolute Gasteiger partial charge is 0.124 e. The second-order valence-corrected chi connectivity index (χ2v) is 5.74. The third-order valence-corrected chi connectivity index (χ3v) is 3.93.